The van der Waals surface area contributed by atoms with Crippen LogP contribution < -0.4 is 0 Å². The molecule has 0 aromatic rings. The van der Waals surface area contributed by atoms with Gasteiger partial charge in [-0.15, -0.1) is 0 Å². The predicted molar refractivity (Wildman–Crippen MR) is 33.7 cm³/mol. The molecule has 0 saturated carbocycles. The molecule has 0 aliphatic rings. The molecule has 0 fully saturated rings. The molecule has 0 N–H and O–H groups in total. The minimum Gasteiger partial charge on any atom is -0.345 e. The first-order valence-electron chi connectivity index (χ1n) is 2.93. The Morgan fingerprint density at radius 3 is 2.12 bits per heavy atom. The van der Waals surface area contributed by atoms with Crippen LogP contribution in [0, 0.1) is 19.8 Å². The van der Waals surface area contributed by atoms with E-state index in [4.69, 9.17) is 0 Å². The van der Waals surface area contributed by atoms with Crippen molar-refractivity contribution in [3.05, 3.63) is 13.8 Å². The molecule has 46 valence electrons. The molecular formula is C7H14Zr. The summed E-state index contributed by atoms with van der Waals surface area (Å²) >= 11 is 0. The second-order valence-corrected chi connectivity index (χ2v) is 1.94. The van der Waals surface area contributed by atoms with Crippen molar-refractivity contribution in [2.24, 2.45) is 5.92 Å². The molecule has 0 nitrogen and oxygen atoms in total. The Morgan fingerprint density at radius 2 is 2.00 bits per heavy atom. The molecule has 0 aromatic heterocycles. The minimum atomic E-state index is 0. The van der Waals surface area contributed by atoms with Crippen molar-refractivity contribution in [3.8, 4) is 0 Å². The van der Waals surface area contributed by atoms with Crippen molar-refractivity contribution in [1.82, 2.24) is 0 Å². The first-order valence-corrected chi connectivity index (χ1v) is 2.93. The SMILES string of the molecule is [CH2-]C[C@@H]([CH2-])CCC.[Zr+2]. The van der Waals surface area contributed by atoms with Gasteiger partial charge in [0.2, 0.25) is 0 Å². The molecule has 0 aromatic carbocycles. The van der Waals surface area contributed by atoms with E-state index in [9.17, 15) is 0 Å². The number of hydrogen-bond acceptors (Lipinski definition) is 0. The van der Waals surface area contributed by atoms with E-state index in [1.165, 1.54) is 12.8 Å². The van der Waals surface area contributed by atoms with Crippen LogP contribution in [0.1, 0.15) is 26.2 Å². The van der Waals surface area contributed by atoms with E-state index < -0.39 is 0 Å². The normalized spacial score (nSPS) is 12.4. The van der Waals surface area contributed by atoms with Gasteiger partial charge in [0.15, 0.2) is 0 Å². The van der Waals surface area contributed by atoms with Crippen molar-refractivity contribution >= 4 is 0 Å². The van der Waals surface area contributed by atoms with Gasteiger partial charge in [-0.2, -0.15) is 5.92 Å². The van der Waals surface area contributed by atoms with Crippen LogP contribution in [-0.2, 0) is 26.2 Å². The van der Waals surface area contributed by atoms with E-state index in [1.54, 1.807) is 0 Å². The summed E-state index contributed by atoms with van der Waals surface area (Å²) in [5, 5.41) is 0. The Balaban J connectivity index is 0. The molecule has 0 amide bonds. The Bertz CT molecular complexity index is 35.4. The van der Waals surface area contributed by atoms with E-state index in [0.717, 1.165) is 6.42 Å². The number of rotatable bonds is 3. The van der Waals surface area contributed by atoms with E-state index in [1.807, 2.05) is 0 Å². The van der Waals surface area contributed by atoms with Gasteiger partial charge < -0.3 is 13.8 Å². The van der Waals surface area contributed by atoms with Crippen LogP contribution in [0.25, 0.3) is 0 Å². The Kier molecular flexibility index (Phi) is 11.5. The molecular weight excluding hydrogens is 175 g/mol. The summed E-state index contributed by atoms with van der Waals surface area (Å²) < 4.78 is 0. The first kappa shape index (κ1) is 11.7. The van der Waals surface area contributed by atoms with Gasteiger partial charge in [0.25, 0.3) is 0 Å². The average Bonchev–Trinajstić information content (AvgIpc) is 1.68. The third kappa shape index (κ3) is 6.88. The van der Waals surface area contributed by atoms with Crippen molar-refractivity contribution in [2.75, 3.05) is 0 Å². The molecule has 8 heavy (non-hydrogen) atoms. The smallest absolute Gasteiger partial charge is 0.345 e. The predicted octanol–water partition coefficient (Wildman–Crippen LogP) is 2.46. The quantitative estimate of drug-likeness (QED) is 0.598. The van der Waals surface area contributed by atoms with Crippen LogP contribution in [0.15, 0.2) is 0 Å². The van der Waals surface area contributed by atoms with Crippen LogP contribution in [-0.4, -0.2) is 0 Å². The maximum absolute atomic E-state index is 3.88. The molecule has 0 unspecified atom stereocenters. The molecule has 0 radical (unpaired) electrons. The van der Waals surface area contributed by atoms with E-state index in [2.05, 4.69) is 20.8 Å². The van der Waals surface area contributed by atoms with Crippen molar-refractivity contribution in [1.29, 1.82) is 0 Å². The third-order valence-electron chi connectivity index (χ3n) is 1.11. The Morgan fingerprint density at radius 1 is 1.50 bits per heavy atom. The standard InChI is InChI=1S/C7H14.Zr/c1-4-6-7(3)5-2;/h7H,2-6H2,1H3;/q-2;+2/t7-;/m1./s1. The number of hydrogen-bond donors (Lipinski definition) is 0. The monoisotopic (exact) mass is 188 g/mol. The fourth-order valence-electron chi connectivity index (χ4n) is 0.553. The van der Waals surface area contributed by atoms with Gasteiger partial charge >= 0.3 is 26.2 Å². The van der Waals surface area contributed by atoms with Crippen molar-refractivity contribution in [3.63, 3.8) is 0 Å². The molecule has 0 bridgehead atoms. The van der Waals surface area contributed by atoms with Crippen LogP contribution in [0.3, 0.4) is 0 Å². The van der Waals surface area contributed by atoms with Crippen LogP contribution in [0.4, 0.5) is 0 Å². The van der Waals surface area contributed by atoms with Crippen LogP contribution in [0.2, 0.25) is 0 Å². The molecule has 0 rings (SSSR count). The van der Waals surface area contributed by atoms with Crippen LogP contribution >= 0.6 is 0 Å². The zero-order valence-corrected chi connectivity index (χ0v) is 8.07. The largest absolute Gasteiger partial charge is 2.00 e. The fraction of sp³-hybridized carbons (Fsp3) is 0.714. The molecule has 0 heterocycles. The summed E-state index contributed by atoms with van der Waals surface area (Å²) in [6.07, 6.45) is 3.45. The van der Waals surface area contributed by atoms with Crippen molar-refractivity contribution in [2.45, 2.75) is 26.2 Å². The summed E-state index contributed by atoms with van der Waals surface area (Å²) in [5.41, 5.74) is 0. The molecule has 1 heteroatoms. The van der Waals surface area contributed by atoms with Gasteiger partial charge in [-0.1, -0.05) is 19.8 Å². The van der Waals surface area contributed by atoms with Gasteiger partial charge in [0.1, 0.15) is 0 Å². The molecule has 0 spiro atoms. The average molecular weight is 189 g/mol. The minimum absolute atomic E-state index is 0. The first-order chi connectivity index (χ1) is 3.31. The third-order valence-corrected chi connectivity index (χ3v) is 1.11. The van der Waals surface area contributed by atoms with Crippen molar-refractivity contribution < 1.29 is 26.2 Å². The zero-order chi connectivity index (χ0) is 5.70. The van der Waals surface area contributed by atoms with Crippen LogP contribution in [0.5, 0.6) is 0 Å². The molecule has 0 saturated heterocycles. The fourth-order valence-corrected chi connectivity index (χ4v) is 0.553. The van der Waals surface area contributed by atoms with Gasteiger partial charge in [-0.05, 0) is 0 Å². The van der Waals surface area contributed by atoms with E-state index in [0.29, 0.717) is 5.92 Å². The summed E-state index contributed by atoms with van der Waals surface area (Å²) in [5.74, 6) is 0.588. The molecule has 0 aliphatic heterocycles. The van der Waals surface area contributed by atoms with Gasteiger partial charge in [0, 0.05) is 0 Å². The second kappa shape index (κ2) is 7.88. The summed E-state index contributed by atoms with van der Waals surface area (Å²) in [4.78, 5) is 0. The van der Waals surface area contributed by atoms with E-state index >= 15 is 0 Å². The molecule has 0 aliphatic carbocycles. The second-order valence-electron chi connectivity index (χ2n) is 1.94. The molecule has 1 atom stereocenters. The topological polar surface area (TPSA) is 0 Å². The summed E-state index contributed by atoms with van der Waals surface area (Å²) in [6.45, 7) is 9.80. The zero-order valence-electron chi connectivity index (χ0n) is 5.61. The van der Waals surface area contributed by atoms with Gasteiger partial charge in [-0.3, -0.25) is 0 Å². The summed E-state index contributed by atoms with van der Waals surface area (Å²) in [7, 11) is 0. The van der Waals surface area contributed by atoms with E-state index in [-0.39, 0.29) is 26.2 Å². The Labute approximate surface area is 72.2 Å². The van der Waals surface area contributed by atoms with Gasteiger partial charge in [0.05, 0.1) is 0 Å². The Hall–Kier alpha value is 0.883. The van der Waals surface area contributed by atoms with Gasteiger partial charge in [-0.25, -0.2) is 6.42 Å². The maximum atomic E-state index is 3.88. The maximum Gasteiger partial charge on any atom is 2.00 e. The summed E-state index contributed by atoms with van der Waals surface area (Å²) in [6, 6.07) is 0.